The molecule has 5 nitrogen and oxygen atoms in total. The zero-order valence-electron chi connectivity index (χ0n) is 10.3. The van der Waals surface area contributed by atoms with Gasteiger partial charge in [-0.25, -0.2) is 13.2 Å². The highest BCUT2D eigenvalue weighted by Gasteiger charge is 2.19. The summed E-state index contributed by atoms with van der Waals surface area (Å²) in [6, 6.07) is 7.73. The molecule has 0 unspecified atom stereocenters. The summed E-state index contributed by atoms with van der Waals surface area (Å²) in [4.78, 5) is 11.0. The lowest BCUT2D eigenvalue weighted by atomic mass is 10.2. The van der Waals surface area contributed by atoms with Gasteiger partial charge in [0.2, 0.25) is 0 Å². The van der Waals surface area contributed by atoms with Crippen molar-refractivity contribution in [3.63, 3.8) is 0 Å². The van der Waals surface area contributed by atoms with Gasteiger partial charge in [-0.15, -0.1) is 11.3 Å². The van der Waals surface area contributed by atoms with Gasteiger partial charge in [0.05, 0.1) is 4.90 Å². The van der Waals surface area contributed by atoms with E-state index in [1.165, 1.54) is 18.2 Å². The second-order valence-corrected chi connectivity index (χ2v) is 7.63. The van der Waals surface area contributed by atoms with Gasteiger partial charge in [0, 0.05) is 4.47 Å². The highest BCUT2D eigenvalue weighted by Crippen LogP contribution is 2.27. The van der Waals surface area contributed by atoms with E-state index >= 15 is 0 Å². The van der Waals surface area contributed by atoms with Crippen LogP contribution in [0.25, 0.3) is 0 Å². The van der Waals surface area contributed by atoms with Crippen molar-refractivity contribution in [1.29, 1.82) is 0 Å². The lowest BCUT2D eigenvalue weighted by molar-refractivity contribution is 0.0702. The smallest absolute Gasteiger partial charge is 0.345 e. The number of hydrogen-bond donors (Lipinski definition) is 2. The molecule has 106 valence electrons. The molecule has 1 aromatic heterocycles. The Morgan fingerprint density at radius 3 is 2.60 bits per heavy atom. The van der Waals surface area contributed by atoms with Gasteiger partial charge in [-0.1, -0.05) is 22.0 Å². The Morgan fingerprint density at radius 1 is 1.30 bits per heavy atom. The standard InChI is InChI=1S/C12H10BrNO4S2/c1-7-2-3-8(13)6-10(7)20(17,18)14-11-5-4-9(19-11)12(15)16/h2-6,14H,1H3,(H,15,16). The van der Waals surface area contributed by atoms with Gasteiger partial charge in [0.15, 0.2) is 0 Å². The van der Waals surface area contributed by atoms with Crippen LogP contribution in [0.1, 0.15) is 15.2 Å². The van der Waals surface area contributed by atoms with Crippen LogP contribution in [0, 0.1) is 6.92 Å². The van der Waals surface area contributed by atoms with Crippen LogP contribution in [0.2, 0.25) is 0 Å². The van der Waals surface area contributed by atoms with Crippen LogP contribution in [0.4, 0.5) is 5.00 Å². The van der Waals surface area contributed by atoms with Gasteiger partial charge in [-0.3, -0.25) is 4.72 Å². The van der Waals surface area contributed by atoms with E-state index in [0.717, 1.165) is 11.3 Å². The number of benzene rings is 1. The number of carboxylic acid groups (broad SMARTS) is 1. The maximum atomic E-state index is 12.3. The molecule has 2 rings (SSSR count). The fourth-order valence-corrected chi connectivity index (χ4v) is 4.38. The van der Waals surface area contributed by atoms with Crippen molar-refractivity contribution in [2.75, 3.05) is 4.72 Å². The molecule has 8 heteroatoms. The van der Waals surface area contributed by atoms with E-state index in [0.29, 0.717) is 10.0 Å². The number of hydrogen-bond acceptors (Lipinski definition) is 4. The van der Waals surface area contributed by atoms with Crippen LogP contribution in [-0.2, 0) is 10.0 Å². The first-order valence-corrected chi connectivity index (χ1v) is 8.51. The topological polar surface area (TPSA) is 83.5 Å². The van der Waals surface area contributed by atoms with Crippen molar-refractivity contribution in [2.45, 2.75) is 11.8 Å². The lowest BCUT2D eigenvalue weighted by Crippen LogP contribution is -2.13. The predicted octanol–water partition coefficient (Wildman–Crippen LogP) is 3.32. The maximum absolute atomic E-state index is 12.3. The molecule has 0 aliphatic carbocycles. The highest BCUT2D eigenvalue weighted by molar-refractivity contribution is 9.10. The molecule has 2 aromatic rings. The molecule has 0 fully saturated rings. The summed E-state index contributed by atoms with van der Waals surface area (Å²) in [5.74, 6) is -1.08. The Hall–Kier alpha value is -1.38. The molecule has 1 heterocycles. The van der Waals surface area contributed by atoms with Gasteiger partial charge >= 0.3 is 5.97 Å². The van der Waals surface area contributed by atoms with Crippen molar-refractivity contribution in [3.05, 3.63) is 45.2 Å². The number of carboxylic acids is 1. The van der Waals surface area contributed by atoms with Crippen molar-refractivity contribution in [3.8, 4) is 0 Å². The summed E-state index contributed by atoms with van der Waals surface area (Å²) in [5, 5.41) is 9.09. The number of carbonyl (C=O) groups is 1. The third-order valence-electron chi connectivity index (χ3n) is 2.49. The maximum Gasteiger partial charge on any atom is 0.345 e. The molecule has 2 N–H and O–H groups in total. The Bertz CT molecular complexity index is 768. The van der Waals surface area contributed by atoms with E-state index < -0.39 is 16.0 Å². The SMILES string of the molecule is Cc1ccc(Br)cc1S(=O)(=O)Nc1ccc(C(=O)O)s1. The summed E-state index contributed by atoms with van der Waals surface area (Å²) < 4.78 is 27.6. The number of aryl methyl sites for hydroxylation is 1. The minimum atomic E-state index is -3.74. The molecule has 0 radical (unpaired) electrons. The van der Waals surface area contributed by atoms with Crippen LogP contribution in [0.5, 0.6) is 0 Å². The number of rotatable bonds is 4. The zero-order valence-corrected chi connectivity index (χ0v) is 13.5. The minimum Gasteiger partial charge on any atom is -0.477 e. The van der Waals surface area contributed by atoms with E-state index in [-0.39, 0.29) is 14.8 Å². The number of anilines is 1. The average molecular weight is 376 g/mol. The average Bonchev–Trinajstić information content (AvgIpc) is 2.80. The van der Waals surface area contributed by atoms with E-state index in [1.807, 2.05) is 0 Å². The predicted molar refractivity (Wildman–Crippen MR) is 81.0 cm³/mol. The van der Waals surface area contributed by atoms with Gasteiger partial charge in [-0.2, -0.15) is 0 Å². The molecule has 0 saturated carbocycles. The fraction of sp³-hybridized carbons (Fsp3) is 0.0833. The number of sulfonamides is 1. The van der Waals surface area contributed by atoms with Crippen LogP contribution < -0.4 is 4.72 Å². The van der Waals surface area contributed by atoms with Gasteiger partial charge in [0.1, 0.15) is 9.88 Å². The van der Waals surface area contributed by atoms with E-state index in [9.17, 15) is 13.2 Å². The molecule has 0 spiro atoms. The molecule has 20 heavy (non-hydrogen) atoms. The summed E-state index contributed by atoms with van der Waals surface area (Å²) >= 11 is 4.10. The molecule has 0 bridgehead atoms. The van der Waals surface area contributed by atoms with Gasteiger partial charge < -0.3 is 5.11 Å². The number of aromatic carboxylic acids is 1. The Balaban J connectivity index is 2.35. The largest absolute Gasteiger partial charge is 0.477 e. The third-order valence-corrected chi connectivity index (χ3v) is 5.61. The van der Waals surface area contributed by atoms with Gasteiger partial charge in [0.25, 0.3) is 10.0 Å². The summed E-state index contributed by atoms with van der Waals surface area (Å²) in [6.45, 7) is 1.69. The molecule has 0 atom stereocenters. The second kappa shape index (κ2) is 5.55. The van der Waals surface area contributed by atoms with Crippen LogP contribution in [-0.4, -0.2) is 19.5 Å². The van der Waals surface area contributed by atoms with Crippen molar-refractivity contribution in [1.82, 2.24) is 0 Å². The van der Waals surface area contributed by atoms with Crippen LogP contribution in [0.3, 0.4) is 0 Å². The molecule has 0 saturated heterocycles. The molecular formula is C12H10BrNO4S2. The quantitative estimate of drug-likeness (QED) is 0.858. The summed E-state index contributed by atoms with van der Waals surface area (Å²) in [5.41, 5.74) is 0.607. The summed E-state index contributed by atoms with van der Waals surface area (Å²) in [7, 11) is -3.74. The minimum absolute atomic E-state index is 0.0775. The van der Waals surface area contributed by atoms with Crippen molar-refractivity contribution in [2.24, 2.45) is 0 Å². The molecule has 1 aromatic carbocycles. The summed E-state index contributed by atoms with van der Waals surface area (Å²) in [6.07, 6.45) is 0. The first kappa shape index (κ1) is 15.0. The monoisotopic (exact) mass is 375 g/mol. The number of nitrogens with one attached hydrogen (secondary N) is 1. The second-order valence-electron chi connectivity index (χ2n) is 3.98. The Labute approximate surface area is 128 Å². The van der Waals surface area contributed by atoms with E-state index in [4.69, 9.17) is 5.11 Å². The first-order valence-electron chi connectivity index (χ1n) is 5.42. The molecular weight excluding hydrogens is 366 g/mol. The lowest BCUT2D eigenvalue weighted by Gasteiger charge is -2.09. The van der Waals surface area contributed by atoms with Crippen molar-refractivity contribution >= 4 is 48.3 Å². The number of thiophene rings is 1. The zero-order chi connectivity index (χ0) is 14.9. The van der Waals surface area contributed by atoms with E-state index in [2.05, 4.69) is 20.7 Å². The van der Waals surface area contributed by atoms with Crippen molar-refractivity contribution < 1.29 is 18.3 Å². The highest BCUT2D eigenvalue weighted by atomic mass is 79.9. The van der Waals surface area contributed by atoms with E-state index in [1.54, 1.807) is 19.1 Å². The number of halogens is 1. The Kier molecular flexibility index (Phi) is 4.17. The Morgan fingerprint density at radius 2 is 2.00 bits per heavy atom. The molecule has 0 aliphatic heterocycles. The van der Waals surface area contributed by atoms with Crippen LogP contribution >= 0.6 is 27.3 Å². The first-order chi connectivity index (χ1) is 9.29. The third kappa shape index (κ3) is 3.20. The normalized spacial score (nSPS) is 11.3. The fourth-order valence-electron chi connectivity index (χ4n) is 1.56. The van der Waals surface area contributed by atoms with Gasteiger partial charge in [-0.05, 0) is 36.8 Å². The van der Waals surface area contributed by atoms with Crippen LogP contribution in [0.15, 0.2) is 39.7 Å². The molecule has 0 amide bonds. The molecule has 0 aliphatic rings.